The van der Waals surface area contributed by atoms with Gasteiger partial charge in [-0.05, 0) is 44.2 Å². The second-order valence-corrected chi connectivity index (χ2v) is 5.96. The lowest BCUT2D eigenvalue weighted by Gasteiger charge is -2.38. The predicted octanol–water partition coefficient (Wildman–Crippen LogP) is 2.60. The van der Waals surface area contributed by atoms with E-state index in [0.717, 1.165) is 5.92 Å². The van der Waals surface area contributed by atoms with Gasteiger partial charge in [0.1, 0.15) is 0 Å². The van der Waals surface area contributed by atoms with Crippen molar-refractivity contribution < 1.29 is 4.74 Å². The van der Waals surface area contributed by atoms with Crippen molar-refractivity contribution in [2.45, 2.75) is 44.7 Å². The molecule has 1 heterocycles. The molecule has 0 aliphatic heterocycles. The number of pyridine rings is 1. The first-order valence-electron chi connectivity index (χ1n) is 7.57. The molecule has 0 saturated heterocycles. The Hall–Kier alpha value is -1.13. The van der Waals surface area contributed by atoms with Gasteiger partial charge < -0.3 is 10.5 Å². The third-order valence-corrected chi connectivity index (χ3v) is 4.63. The molecular formula is C16H27N3O. The summed E-state index contributed by atoms with van der Waals surface area (Å²) in [6.45, 7) is 2.97. The van der Waals surface area contributed by atoms with Gasteiger partial charge in [0, 0.05) is 30.9 Å². The van der Waals surface area contributed by atoms with Gasteiger partial charge in [0.2, 0.25) is 5.88 Å². The Morgan fingerprint density at radius 1 is 1.35 bits per heavy atom. The number of aromatic nitrogens is 1. The molecule has 1 atom stereocenters. The molecule has 1 aliphatic rings. The molecule has 1 saturated carbocycles. The zero-order chi connectivity index (χ0) is 14.5. The fraction of sp³-hybridized carbons (Fsp3) is 0.688. The minimum Gasteiger partial charge on any atom is -0.481 e. The Kier molecular flexibility index (Phi) is 5.38. The fourth-order valence-corrected chi connectivity index (χ4v) is 3.15. The highest BCUT2D eigenvalue weighted by molar-refractivity contribution is 5.21. The molecule has 0 spiro atoms. The Bertz CT molecular complexity index is 399. The topological polar surface area (TPSA) is 51.4 Å². The summed E-state index contributed by atoms with van der Waals surface area (Å²) in [5.41, 5.74) is 7.18. The zero-order valence-electron chi connectivity index (χ0n) is 12.9. The summed E-state index contributed by atoms with van der Waals surface area (Å²) in [4.78, 5) is 6.74. The summed E-state index contributed by atoms with van der Waals surface area (Å²) in [7, 11) is 3.83. The molecule has 0 amide bonds. The molecule has 20 heavy (non-hydrogen) atoms. The second kappa shape index (κ2) is 7.04. The van der Waals surface area contributed by atoms with Crippen LogP contribution in [0.3, 0.4) is 0 Å². The van der Waals surface area contributed by atoms with E-state index in [1.54, 1.807) is 7.11 Å². The summed E-state index contributed by atoms with van der Waals surface area (Å²) in [6, 6.07) is 4.87. The zero-order valence-corrected chi connectivity index (χ0v) is 12.9. The van der Waals surface area contributed by atoms with E-state index < -0.39 is 0 Å². The van der Waals surface area contributed by atoms with Crippen molar-refractivity contribution in [1.29, 1.82) is 0 Å². The van der Waals surface area contributed by atoms with E-state index >= 15 is 0 Å². The largest absolute Gasteiger partial charge is 0.481 e. The van der Waals surface area contributed by atoms with E-state index in [-0.39, 0.29) is 6.04 Å². The van der Waals surface area contributed by atoms with Gasteiger partial charge in [0.05, 0.1) is 7.11 Å². The van der Waals surface area contributed by atoms with Crippen LogP contribution in [0.25, 0.3) is 0 Å². The van der Waals surface area contributed by atoms with E-state index in [4.69, 9.17) is 10.5 Å². The first kappa shape index (κ1) is 15.3. The molecule has 112 valence electrons. The van der Waals surface area contributed by atoms with Crippen molar-refractivity contribution in [3.8, 4) is 5.88 Å². The highest BCUT2D eigenvalue weighted by Gasteiger charge is 2.26. The average Bonchev–Trinajstić information content (AvgIpc) is 2.49. The van der Waals surface area contributed by atoms with Crippen LogP contribution in [0.1, 0.15) is 44.2 Å². The Morgan fingerprint density at radius 2 is 2.05 bits per heavy atom. The fourth-order valence-electron chi connectivity index (χ4n) is 3.15. The molecule has 1 aromatic rings. The summed E-state index contributed by atoms with van der Waals surface area (Å²) in [5, 5.41) is 0. The van der Waals surface area contributed by atoms with E-state index in [1.807, 2.05) is 12.3 Å². The van der Waals surface area contributed by atoms with Gasteiger partial charge in [-0.3, -0.25) is 4.90 Å². The van der Waals surface area contributed by atoms with Crippen molar-refractivity contribution in [3.63, 3.8) is 0 Å². The first-order chi connectivity index (χ1) is 9.65. The van der Waals surface area contributed by atoms with E-state index in [9.17, 15) is 0 Å². The number of ether oxygens (including phenoxy) is 1. The molecule has 2 N–H and O–H groups in total. The number of likely N-dealkylation sites (N-methyl/N-ethyl adjacent to an activating group) is 1. The lowest BCUT2D eigenvalue weighted by Crippen LogP contribution is -2.40. The lowest BCUT2D eigenvalue weighted by molar-refractivity contribution is 0.126. The van der Waals surface area contributed by atoms with Crippen LogP contribution in [-0.2, 0) is 0 Å². The SMILES string of the molecule is COc1ccc(C(CN)N(C)C2CCC(C)CC2)cn1. The number of rotatable bonds is 5. The highest BCUT2D eigenvalue weighted by atomic mass is 16.5. The van der Waals surface area contributed by atoms with Crippen LogP contribution in [0.4, 0.5) is 0 Å². The maximum Gasteiger partial charge on any atom is 0.212 e. The van der Waals surface area contributed by atoms with Gasteiger partial charge in [-0.1, -0.05) is 13.0 Å². The van der Waals surface area contributed by atoms with Crippen LogP contribution in [0.2, 0.25) is 0 Å². The number of nitrogens with two attached hydrogens (primary N) is 1. The molecule has 1 aliphatic carbocycles. The van der Waals surface area contributed by atoms with Gasteiger partial charge in [-0.15, -0.1) is 0 Å². The Labute approximate surface area is 122 Å². The Balaban J connectivity index is 2.06. The Morgan fingerprint density at radius 3 is 2.55 bits per heavy atom. The van der Waals surface area contributed by atoms with E-state index in [2.05, 4.69) is 29.9 Å². The van der Waals surface area contributed by atoms with Crippen LogP contribution in [0, 0.1) is 5.92 Å². The molecule has 2 rings (SSSR count). The third-order valence-electron chi connectivity index (χ3n) is 4.63. The average molecular weight is 277 g/mol. The standard InChI is InChI=1S/C16H27N3O/c1-12-4-7-14(8-5-12)19(2)15(10-17)13-6-9-16(20-3)18-11-13/h6,9,11-12,14-15H,4-5,7-8,10,17H2,1-3H3. The maximum atomic E-state index is 6.01. The van der Waals surface area contributed by atoms with Gasteiger partial charge in [0.15, 0.2) is 0 Å². The molecule has 1 fully saturated rings. The number of nitrogens with zero attached hydrogens (tertiary/aromatic N) is 2. The maximum absolute atomic E-state index is 6.01. The number of hydrogen-bond donors (Lipinski definition) is 1. The molecular weight excluding hydrogens is 250 g/mol. The van der Waals surface area contributed by atoms with Crippen molar-refractivity contribution in [1.82, 2.24) is 9.88 Å². The van der Waals surface area contributed by atoms with Crippen molar-refractivity contribution in [2.24, 2.45) is 11.7 Å². The van der Waals surface area contributed by atoms with E-state index in [0.29, 0.717) is 18.5 Å². The second-order valence-electron chi connectivity index (χ2n) is 5.96. The quantitative estimate of drug-likeness (QED) is 0.899. The molecule has 1 aromatic heterocycles. The summed E-state index contributed by atoms with van der Waals surface area (Å²) in [6.07, 6.45) is 7.09. The van der Waals surface area contributed by atoms with Gasteiger partial charge in [-0.25, -0.2) is 4.98 Å². The molecule has 0 radical (unpaired) electrons. The van der Waals surface area contributed by atoms with E-state index in [1.165, 1.54) is 31.2 Å². The van der Waals surface area contributed by atoms with Crippen molar-refractivity contribution in [3.05, 3.63) is 23.9 Å². The van der Waals surface area contributed by atoms with Gasteiger partial charge in [-0.2, -0.15) is 0 Å². The first-order valence-corrected chi connectivity index (χ1v) is 7.57. The molecule has 4 heteroatoms. The summed E-state index contributed by atoms with van der Waals surface area (Å²) >= 11 is 0. The van der Waals surface area contributed by atoms with Crippen molar-refractivity contribution >= 4 is 0 Å². The number of methoxy groups -OCH3 is 1. The van der Waals surface area contributed by atoms with Crippen LogP contribution < -0.4 is 10.5 Å². The van der Waals surface area contributed by atoms with Crippen LogP contribution in [0.15, 0.2) is 18.3 Å². The van der Waals surface area contributed by atoms with Gasteiger partial charge in [0.25, 0.3) is 0 Å². The molecule has 0 bridgehead atoms. The minimum atomic E-state index is 0.242. The third kappa shape index (κ3) is 3.49. The lowest BCUT2D eigenvalue weighted by atomic mass is 9.86. The minimum absolute atomic E-state index is 0.242. The smallest absolute Gasteiger partial charge is 0.212 e. The summed E-state index contributed by atoms with van der Waals surface area (Å²) in [5.74, 6) is 1.53. The monoisotopic (exact) mass is 277 g/mol. The predicted molar refractivity (Wildman–Crippen MR) is 81.8 cm³/mol. The van der Waals surface area contributed by atoms with Crippen LogP contribution in [0.5, 0.6) is 5.88 Å². The van der Waals surface area contributed by atoms with Crippen LogP contribution >= 0.6 is 0 Å². The van der Waals surface area contributed by atoms with Crippen LogP contribution in [-0.4, -0.2) is 36.6 Å². The molecule has 1 unspecified atom stereocenters. The summed E-state index contributed by atoms with van der Waals surface area (Å²) < 4.78 is 5.12. The normalized spacial score (nSPS) is 24.6. The number of hydrogen-bond acceptors (Lipinski definition) is 4. The molecule has 0 aromatic carbocycles. The molecule has 4 nitrogen and oxygen atoms in total. The van der Waals surface area contributed by atoms with Gasteiger partial charge >= 0.3 is 0 Å². The van der Waals surface area contributed by atoms with Crippen molar-refractivity contribution in [2.75, 3.05) is 20.7 Å². The highest BCUT2D eigenvalue weighted by Crippen LogP contribution is 2.31.